The zero-order chi connectivity index (χ0) is 10.6. The Hall–Kier alpha value is -0.390. The van der Waals surface area contributed by atoms with E-state index in [-0.39, 0.29) is 29.9 Å². The maximum Gasteiger partial charge on any atom is 0.441 e. The van der Waals surface area contributed by atoms with Gasteiger partial charge in [0.05, 0.1) is 0 Å². The molecule has 1 atom stereocenters. The number of alkyl halides is 3. The van der Waals surface area contributed by atoms with E-state index in [2.05, 4.69) is 0 Å². The molecule has 0 aliphatic rings. The third-order valence-electron chi connectivity index (χ3n) is 1.65. The summed E-state index contributed by atoms with van der Waals surface area (Å²) in [5.74, 6) is -0.145. The van der Waals surface area contributed by atoms with Crippen molar-refractivity contribution in [3.8, 4) is 0 Å². The van der Waals surface area contributed by atoms with Crippen LogP contribution in [0.15, 0.2) is 30.3 Å². The summed E-state index contributed by atoms with van der Waals surface area (Å²) in [4.78, 5) is 0. The fourth-order valence-corrected chi connectivity index (χ4v) is 1.54. The predicted molar refractivity (Wildman–Crippen MR) is 59.1 cm³/mol. The molecular weight excluding hydrogens is 247 g/mol. The maximum atomic E-state index is 11.8. The number of hydrogen-bond donors (Lipinski definition) is 1. The molecule has 0 heterocycles. The van der Waals surface area contributed by atoms with Gasteiger partial charge in [-0.2, -0.15) is 13.2 Å². The minimum atomic E-state index is -4.20. The molecule has 0 radical (unpaired) electrons. The van der Waals surface area contributed by atoms with Gasteiger partial charge in [-0.15, -0.1) is 12.4 Å². The van der Waals surface area contributed by atoms with Crippen LogP contribution in [0.5, 0.6) is 0 Å². The Balaban J connectivity index is 0.00000196. The quantitative estimate of drug-likeness (QED) is 0.899. The highest BCUT2D eigenvalue weighted by Crippen LogP contribution is 2.32. The van der Waals surface area contributed by atoms with E-state index in [4.69, 9.17) is 5.73 Å². The second-order valence-electron chi connectivity index (χ2n) is 2.77. The lowest BCUT2D eigenvalue weighted by molar-refractivity contribution is -0.0328. The van der Waals surface area contributed by atoms with Crippen molar-refractivity contribution >= 4 is 24.2 Å². The van der Waals surface area contributed by atoms with E-state index in [1.807, 2.05) is 0 Å². The van der Waals surface area contributed by atoms with Crippen molar-refractivity contribution < 1.29 is 13.2 Å². The van der Waals surface area contributed by atoms with Gasteiger partial charge in [0.25, 0.3) is 0 Å². The molecule has 0 saturated heterocycles. The second kappa shape index (κ2) is 6.25. The number of benzene rings is 1. The molecule has 0 saturated carbocycles. The number of halogens is 4. The van der Waals surface area contributed by atoms with Gasteiger partial charge in [0, 0.05) is 11.8 Å². The van der Waals surface area contributed by atoms with Crippen molar-refractivity contribution in [3.05, 3.63) is 35.9 Å². The van der Waals surface area contributed by atoms with Crippen molar-refractivity contribution in [2.45, 2.75) is 11.6 Å². The lowest BCUT2D eigenvalue weighted by Gasteiger charge is -2.12. The van der Waals surface area contributed by atoms with Crippen LogP contribution in [0.1, 0.15) is 11.6 Å². The molecule has 0 amide bonds. The van der Waals surface area contributed by atoms with Crippen LogP contribution in [0.3, 0.4) is 0 Å². The highest BCUT2D eigenvalue weighted by molar-refractivity contribution is 8.00. The van der Waals surface area contributed by atoms with Crippen molar-refractivity contribution in [1.82, 2.24) is 0 Å². The largest absolute Gasteiger partial charge is 0.441 e. The van der Waals surface area contributed by atoms with Crippen LogP contribution < -0.4 is 5.73 Å². The summed E-state index contributed by atoms with van der Waals surface area (Å²) in [5.41, 5.74) is 2.11. The molecule has 0 aliphatic carbocycles. The van der Waals surface area contributed by atoms with E-state index in [0.29, 0.717) is 0 Å². The number of hydrogen-bond acceptors (Lipinski definition) is 2. The van der Waals surface area contributed by atoms with E-state index in [0.717, 1.165) is 5.56 Å². The molecule has 2 N–H and O–H groups in total. The molecular formula is C9H11ClF3NS. The van der Waals surface area contributed by atoms with E-state index in [1.54, 1.807) is 30.3 Å². The average Bonchev–Trinajstić information content (AvgIpc) is 2.14. The summed E-state index contributed by atoms with van der Waals surface area (Å²) >= 11 is -0.0885. The normalized spacial score (nSPS) is 13.1. The van der Waals surface area contributed by atoms with Crippen LogP contribution in [0.25, 0.3) is 0 Å². The summed E-state index contributed by atoms with van der Waals surface area (Å²) in [6, 6.07) is 8.19. The summed E-state index contributed by atoms with van der Waals surface area (Å²) in [5, 5.41) is 0. The first-order valence-corrected chi connectivity index (χ1v) is 4.99. The van der Waals surface area contributed by atoms with Gasteiger partial charge in [0.1, 0.15) is 0 Å². The van der Waals surface area contributed by atoms with Crippen molar-refractivity contribution in [2.75, 3.05) is 5.75 Å². The van der Waals surface area contributed by atoms with Gasteiger partial charge < -0.3 is 5.73 Å². The van der Waals surface area contributed by atoms with Crippen LogP contribution in [0.2, 0.25) is 0 Å². The molecule has 1 unspecified atom stereocenters. The van der Waals surface area contributed by atoms with E-state index in [1.165, 1.54) is 0 Å². The zero-order valence-electron chi connectivity index (χ0n) is 7.70. The summed E-state index contributed by atoms with van der Waals surface area (Å²) in [6.45, 7) is 0. The smallest absolute Gasteiger partial charge is 0.323 e. The van der Waals surface area contributed by atoms with Gasteiger partial charge in [-0.3, -0.25) is 0 Å². The Kier molecular flexibility index (Phi) is 6.09. The highest BCUT2D eigenvalue weighted by Gasteiger charge is 2.28. The molecule has 1 aromatic carbocycles. The monoisotopic (exact) mass is 257 g/mol. The standard InChI is InChI=1S/C9H10F3NS.ClH/c10-9(11,12)14-6-8(13)7-4-2-1-3-5-7;/h1-5,8H,6,13H2;1H. The first kappa shape index (κ1) is 14.6. The summed E-state index contributed by atoms with van der Waals surface area (Å²) < 4.78 is 35.5. The topological polar surface area (TPSA) is 26.0 Å². The van der Waals surface area contributed by atoms with Crippen molar-refractivity contribution in [1.29, 1.82) is 0 Å². The molecule has 0 aromatic heterocycles. The van der Waals surface area contributed by atoms with Crippen molar-refractivity contribution in [2.24, 2.45) is 5.73 Å². The second-order valence-corrected chi connectivity index (χ2v) is 3.86. The molecule has 6 heteroatoms. The van der Waals surface area contributed by atoms with E-state index >= 15 is 0 Å². The Bertz CT molecular complexity index is 278. The SMILES string of the molecule is Cl.NC(CSC(F)(F)F)c1ccccc1. The van der Waals surface area contributed by atoms with Crippen LogP contribution in [-0.2, 0) is 0 Å². The maximum absolute atomic E-state index is 11.8. The molecule has 1 nitrogen and oxygen atoms in total. The third-order valence-corrected chi connectivity index (χ3v) is 2.51. The van der Waals surface area contributed by atoms with Gasteiger partial charge in [-0.25, -0.2) is 0 Å². The minimum Gasteiger partial charge on any atom is -0.323 e. The fourth-order valence-electron chi connectivity index (χ4n) is 0.981. The number of rotatable bonds is 3. The third kappa shape index (κ3) is 5.92. The predicted octanol–water partition coefficient (Wildman–Crippen LogP) is 3.36. The Labute approximate surface area is 96.6 Å². The summed E-state index contributed by atoms with van der Waals surface area (Å²) in [6.07, 6.45) is 0. The van der Waals surface area contributed by atoms with Crippen LogP contribution in [-0.4, -0.2) is 11.3 Å². The molecule has 1 aromatic rings. The van der Waals surface area contributed by atoms with Crippen LogP contribution in [0, 0.1) is 0 Å². The Morgan fingerprint density at radius 3 is 2.20 bits per heavy atom. The molecule has 15 heavy (non-hydrogen) atoms. The van der Waals surface area contributed by atoms with Gasteiger partial charge in [-0.05, 0) is 17.3 Å². The van der Waals surface area contributed by atoms with E-state index < -0.39 is 11.6 Å². The van der Waals surface area contributed by atoms with Crippen molar-refractivity contribution in [3.63, 3.8) is 0 Å². The van der Waals surface area contributed by atoms with Gasteiger partial charge >= 0.3 is 5.51 Å². The van der Waals surface area contributed by atoms with Crippen LogP contribution in [0.4, 0.5) is 13.2 Å². The number of nitrogens with two attached hydrogens (primary N) is 1. The lowest BCUT2D eigenvalue weighted by atomic mass is 10.1. The molecule has 0 bridgehead atoms. The Morgan fingerprint density at radius 2 is 1.73 bits per heavy atom. The first-order valence-electron chi connectivity index (χ1n) is 4.00. The molecule has 86 valence electrons. The Morgan fingerprint density at radius 1 is 1.20 bits per heavy atom. The molecule has 0 fully saturated rings. The minimum absolute atomic E-state index is 0. The lowest BCUT2D eigenvalue weighted by Crippen LogP contribution is -2.15. The van der Waals surface area contributed by atoms with E-state index in [9.17, 15) is 13.2 Å². The number of thioether (sulfide) groups is 1. The average molecular weight is 258 g/mol. The molecule has 1 rings (SSSR count). The first-order chi connectivity index (χ1) is 6.49. The molecule has 0 aliphatic heterocycles. The van der Waals surface area contributed by atoms with Gasteiger partial charge in [-0.1, -0.05) is 30.3 Å². The van der Waals surface area contributed by atoms with Gasteiger partial charge in [0.15, 0.2) is 0 Å². The fraction of sp³-hybridized carbons (Fsp3) is 0.333. The highest BCUT2D eigenvalue weighted by atomic mass is 35.5. The van der Waals surface area contributed by atoms with Crippen LogP contribution >= 0.6 is 24.2 Å². The van der Waals surface area contributed by atoms with Gasteiger partial charge in [0.2, 0.25) is 0 Å². The summed E-state index contributed by atoms with van der Waals surface area (Å²) in [7, 11) is 0. The molecule has 0 spiro atoms. The zero-order valence-corrected chi connectivity index (χ0v) is 9.33.